The summed E-state index contributed by atoms with van der Waals surface area (Å²) in [4.78, 5) is 4.39. The molecule has 1 aromatic heterocycles. The van der Waals surface area contributed by atoms with Crippen LogP contribution in [0.2, 0.25) is 0 Å². The van der Waals surface area contributed by atoms with E-state index >= 15 is 0 Å². The molecule has 2 rings (SSSR count). The Morgan fingerprint density at radius 3 is 2.90 bits per heavy atom. The summed E-state index contributed by atoms with van der Waals surface area (Å²) in [7, 11) is 1.71. The second kappa shape index (κ2) is 6.90. The number of ether oxygens (including phenoxy) is 1. The van der Waals surface area contributed by atoms with Crippen LogP contribution in [0.5, 0.6) is 0 Å². The molecular formula is C15H20BrN3O. The zero-order valence-electron chi connectivity index (χ0n) is 12.0. The van der Waals surface area contributed by atoms with Gasteiger partial charge in [0.15, 0.2) is 0 Å². The minimum Gasteiger partial charge on any atom is -0.383 e. The Hall–Kier alpha value is -1.33. The molecule has 2 aromatic rings. The maximum atomic E-state index is 5.21. The van der Waals surface area contributed by atoms with Gasteiger partial charge in [0.05, 0.1) is 18.7 Å². The Bertz CT molecular complexity index is 556. The molecule has 0 saturated carbocycles. The standard InChI is InChI=1S/C15H20BrN3O/c1-11(10-20-3)19-8-7-17-15(19)18-12(2)13-5-4-6-14(16)9-13/h4-9,11-12H,10H2,1-3H3,(H,17,18). The van der Waals surface area contributed by atoms with Crippen LogP contribution < -0.4 is 5.32 Å². The van der Waals surface area contributed by atoms with Crippen molar-refractivity contribution in [2.45, 2.75) is 25.9 Å². The van der Waals surface area contributed by atoms with Crippen molar-refractivity contribution in [1.82, 2.24) is 9.55 Å². The van der Waals surface area contributed by atoms with Gasteiger partial charge in [-0.25, -0.2) is 4.98 Å². The first-order valence-corrected chi connectivity index (χ1v) is 7.45. The van der Waals surface area contributed by atoms with Crippen LogP contribution in [-0.4, -0.2) is 23.3 Å². The van der Waals surface area contributed by atoms with Crippen molar-refractivity contribution in [3.8, 4) is 0 Å². The van der Waals surface area contributed by atoms with Gasteiger partial charge in [0.1, 0.15) is 0 Å². The minimum atomic E-state index is 0.184. The average molecular weight is 338 g/mol. The highest BCUT2D eigenvalue weighted by atomic mass is 79.9. The maximum Gasteiger partial charge on any atom is 0.203 e. The van der Waals surface area contributed by atoms with Gasteiger partial charge in [-0.3, -0.25) is 0 Å². The molecule has 0 aliphatic heterocycles. The molecule has 0 amide bonds. The number of halogens is 1. The number of imidazole rings is 1. The van der Waals surface area contributed by atoms with Crippen LogP contribution in [0.25, 0.3) is 0 Å². The summed E-state index contributed by atoms with van der Waals surface area (Å²) in [5.74, 6) is 0.863. The van der Waals surface area contributed by atoms with Crippen molar-refractivity contribution < 1.29 is 4.74 Å². The van der Waals surface area contributed by atoms with Crippen molar-refractivity contribution >= 4 is 21.9 Å². The van der Waals surface area contributed by atoms with E-state index in [0.717, 1.165) is 10.4 Å². The zero-order valence-corrected chi connectivity index (χ0v) is 13.6. The lowest BCUT2D eigenvalue weighted by atomic mass is 10.1. The Morgan fingerprint density at radius 1 is 1.40 bits per heavy atom. The Labute approximate surface area is 128 Å². The normalized spacial score (nSPS) is 14.0. The molecule has 0 bridgehead atoms. The SMILES string of the molecule is COCC(C)n1ccnc1NC(C)c1cccc(Br)c1. The molecular weight excluding hydrogens is 318 g/mol. The lowest BCUT2D eigenvalue weighted by molar-refractivity contribution is 0.163. The van der Waals surface area contributed by atoms with Crippen LogP contribution in [0.1, 0.15) is 31.5 Å². The van der Waals surface area contributed by atoms with E-state index in [1.807, 2.05) is 24.5 Å². The van der Waals surface area contributed by atoms with E-state index in [-0.39, 0.29) is 12.1 Å². The first kappa shape index (κ1) is 15.1. The highest BCUT2D eigenvalue weighted by molar-refractivity contribution is 9.10. The molecule has 1 heterocycles. The second-order valence-electron chi connectivity index (χ2n) is 4.88. The van der Waals surface area contributed by atoms with Crippen LogP contribution in [0.15, 0.2) is 41.1 Å². The summed E-state index contributed by atoms with van der Waals surface area (Å²) in [5, 5.41) is 3.45. The fraction of sp³-hybridized carbons (Fsp3) is 0.400. The minimum absolute atomic E-state index is 0.184. The molecule has 0 saturated heterocycles. The summed E-state index contributed by atoms with van der Waals surface area (Å²) in [5.41, 5.74) is 1.22. The van der Waals surface area contributed by atoms with Gasteiger partial charge in [0.2, 0.25) is 5.95 Å². The lowest BCUT2D eigenvalue weighted by Crippen LogP contribution is -2.16. The predicted octanol–water partition coefficient (Wildman–Crippen LogP) is 4.03. The highest BCUT2D eigenvalue weighted by Crippen LogP contribution is 2.22. The van der Waals surface area contributed by atoms with E-state index < -0.39 is 0 Å². The molecule has 1 N–H and O–H groups in total. The third-order valence-corrected chi connectivity index (χ3v) is 3.74. The summed E-state index contributed by atoms with van der Waals surface area (Å²) in [6.45, 7) is 4.90. The third kappa shape index (κ3) is 3.61. The number of nitrogens with zero attached hydrogens (tertiary/aromatic N) is 2. The summed E-state index contributed by atoms with van der Waals surface area (Å²) >= 11 is 3.50. The molecule has 0 radical (unpaired) electrons. The zero-order chi connectivity index (χ0) is 14.5. The van der Waals surface area contributed by atoms with E-state index in [4.69, 9.17) is 4.74 Å². The smallest absolute Gasteiger partial charge is 0.203 e. The van der Waals surface area contributed by atoms with Gasteiger partial charge in [0, 0.05) is 24.0 Å². The lowest BCUT2D eigenvalue weighted by Gasteiger charge is -2.20. The molecule has 0 spiro atoms. The molecule has 0 aliphatic carbocycles. The topological polar surface area (TPSA) is 39.1 Å². The number of anilines is 1. The van der Waals surface area contributed by atoms with E-state index in [9.17, 15) is 0 Å². The Balaban J connectivity index is 2.12. The Kier molecular flexibility index (Phi) is 5.20. The van der Waals surface area contributed by atoms with Gasteiger partial charge in [-0.2, -0.15) is 0 Å². The number of methoxy groups -OCH3 is 1. The molecule has 0 fully saturated rings. The molecule has 0 aliphatic rings. The van der Waals surface area contributed by atoms with Crippen molar-refractivity contribution in [1.29, 1.82) is 0 Å². The van der Waals surface area contributed by atoms with Crippen LogP contribution in [-0.2, 0) is 4.74 Å². The molecule has 4 nitrogen and oxygen atoms in total. The van der Waals surface area contributed by atoms with Gasteiger partial charge in [-0.05, 0) is 31.5 Å². The van der Waals surface area contributed by atoms with Crippen molar-refractivity contribution in [3.63, 3.8) is 0 Å². The second-order valence-corrected chi connectivity index (χ2v) is 5.80. The monoisotopic (exact) mass is 337 g/mol. The van der Waals surface area contributed by atoms with Crippen molar-refractivity contribution in [2.75, 3.05) is 19.0 Å². The van der Waals surface area contributed by atoms with Gasteiger partial charge in [-0.1, -0.05) is 28.1 Å². The van der Waals surface area contributed by atoms with E-state index in [1.54, 1.807) is 7.11 Å². The third-order valence-electron chi connectivity index (χ3n) is 3.25. The van der Waals surface area contributed by atoms with E-state index in [2.05, 4.69) is 56.8 Å². The molecule has 1 aromatic carbocycles. The van der Waals surface area contributed by atoms with Gasteiger partial charge in [0.25, 0.3) is 0 Å². The number of hydrogen-bond donors (Lipinski definition) is 1. The van der Waals surface area contributed by atoms with E-state index in [0.29, 0.717) is 6.61 Å². The molecule has 2 unspecified atom stereocenters. The maximum absolute atomic E-state index is 5.21. The van der Waals surface area contributed by atoms with Crippen molar-refractivity contribution in [2.24, 2.45) is 0 Å². The van der Waals surface area contributed by atoms with Crippen LogP contribution in [0.3, 0.4) is 0 Å². The summed E-state index contributed by atoms with van der Waals surface area (Å²) in [6, 6.07) is 8.72. The molecule has 20 heavy (non-hydrogen) atoms. The number of nitrogens with one attached hydrogen (secondary N) is 1. The largest absolute Gasteiger partial charge is 0.383 e. The summed E-state index contributed by atoms with van der Waals surface area (Å²) < 4.78 is 8.38. The highest BCUT2D eigenvalue weighted by Gasteiger charge is 2.13. The number of benzene rings is 1. The fourth-order valence-corrected chi connectivity index (χ4v) is 2.57. The predicted molar refractivity (Wildman–Crippen MR) is 85.0 cm³/mol. The number of rotatable bonds is 6. The van der Waals surface area contributed by atoms with Gasteiger partial charge in [-0.15, -0.1) is 0 Å². The molecule has 2 atom stereocenters. The first-order valence-electron chi connectivity index (χ1n) is 6.65. The molecule has 108 valence electrons. The average Bonchev–Trinajstić information content (AvgIpc) is 2.87. The van der Waals surface area contributed by atoms with Gasteiger partial charge >= 0.3 is 0 Å². The van der Waals surface area contributed by atoms with E-state index in [1.165, 1.54) is 5.56 Å². The fourth-order valence-electron chi connectivity index (χ4n) is 2.15. The van der Waals surface area contributed by atoms with Crippen LogP contribution in [0, 0.1) is 0 Å². The molecule has 5 heteroatoms. The van der Waals surface area contributed by atoms with Crippen molar-refractivity contribution in [3.05, 3.63) is 46.7 Å². The Morgan fingerprint density at radius 2 is 2.20 bits per heavy atom. The summed E-state index contributed by atoms with van der Waals surface area (Å²) in [6.07, 6.45) is 3.78. The van der Waals surface area contributed by atoms with Crippen LogP contribution in [0.4, 0.5) is 5.95 Å². The van der Waals surface area contributed by atoms with Gasteiger partial charge < -0.3 is 14.6 Å². The number of hydrogen-bond acceptors (Lipinski definition) is 3. The van der Waals surface area contributed by atoms with Crippen LogP contribution >= 0.6 is 15.9 Å². The quantitative estimate of drug-likeness (QED) is 0.864. The number of aromatic nitrogens is 2. The first-order chi connectivity index (χ1) is 9.61.